The van der Waals surface area contributed by atoms with Crippen LogP contribution in [0.25, 0.3) is 0 Å². The van der Waals surface area contributed by atoms with E-state index in [1.54, 1.807) is 18.0 Å². The minimum absolute atomic E-state index is 0.00897. The second-order valence-electron chi connectivity index (χ2n) is 4.62. The molecule has 2 rings (SSSR count). The monoisotopic (exact) mass is 299 g/mol. The molecule has 0 saturated heterocycles. The van der Waals surface area contributed by atoms with Gasteiger partial charge in [0.15, 0.2) is 0 Å². The molecule has 21 heavy (non-hydrogen) atoms. The molecule has 2 aromatic rings. The smallest absolute Gasteiger partial charge is 0.254 e. The summed E-state index contributed by atoms with van der Waals surface area (Å²) in [5.74, 6) is 5.80. The van der Waals surface area contributed by atoms with E-state index in [4.69, 9.17) is 5.11 Å². The highest BCUT2D eigenvalue weighted by Gasteiger charge is 2.13. The molecule has 0 spiro atoms. The van der Waals surface area contributed by atoms with Gasteiger partial charge in [0.05, 0.1) is 17.0 Å². The van der Waals surface area contributed by atoms with E-state index >= 15 is 0 Å². The Morgan fingerprint density at radius 3 is 2.81 bits per heavy atom. The molecule has 0 saturated carbocycles. The summed E-state index contributed by atoms with van der Waals surface area (Å²) in [6, 6.07) is 11.7. The maximum atomic E-state index is 12.3. The second kappa shape index (κ2) is 7.63. The molecule has 3 nitrogen and oxygen atoms in total. The Morgan fingerprint density at radius 2 is 2.10 bits per heavy atom. The SMILES string of the molecule is CN(Cc1ccccc1)C(=O)c1csc(C#CCCO)c1. The molecule has 0 aliphatic carbocycles. The van der Waals surface area contributed by atoms with Crippen LogP contribution in [0, 0.1) is 11.8 Å². The summed E-state index contributed by atoms with van der Waals surface area (Å²) < 4.78 is 0. The number of benzene rings is 1. The topological polar surface area (TPSA) is 40.5 Å². The van der Waals surface area contributed by atoms with Crippen molar-refractivity contribution >= 4 is 17.2 Å². The Hall–Kier alpha value is -2.09. The van der Waals surface area contributed by atoms with Gasteiger partial charge in [0.1, 0.15) is 0 Å². The highest BCUT2D eigenvalue weighted by molar-refractivity contribution is 7.10. The number of carbonyl (C=O) groups is 1. The van der Waals surface area contributed by atoms with E-state index < -0.39 is 0 Å². The third-order valence-electron chi connectivity index (χ3n) is 2.90. The summed E-state index contributed by atoms with van der Waals surface area (Å²) in [7, 11) is 1.80. The van der Waals surface area contributed by atoms with Gasteiger partial charge in [-0.2, -0.15) is 0 Å². The van der Waals surface area contributed by atoms with Gasteiger partial charge in [-0.3, -0.25) is 4.79 Å². The summed E-state index contributed by atoms with van der Waals surface area (Å²) in [5.41, 5.74) is 1.76. The molecule has 1 amide bonds. The van der Waals surface area contributed by atoms with Crippen LogP contribution in [-0.2, 0) is 6.54 Å². The molecule has 1 heterocycles. The molecule has 0 radical (unpaired) electrons. The average molecular weight is 299 g/mol. The maximum Gasteiger partial charge on any atom is 0.254 e. The largest absolute Gasteiger partial charge is 0.395 e. The zero-order valence-electron chi connectivity index (χ0n) is 11.9. The lowest BCUT2D eigenvalue weighted by molar-refractivity contribution is 0.0785. The fourth-order valence-electron chi connectivity index (χ4n) is 1.87. The highest BCUT2D eigenvalue weighted by Crippen LogP contribution is 2.16. The van der Waals surface area contributed by atoms with Crippen molar-refractivity contribution in [2.45, 2.75) is 13.0 Å². The van der Waals surface area contributed by atoms with E-state index in [9.17, 15) is 4.79 Å². The first-order chi connectivity index (χ1) is 10.2. The minimum Gasteiger partial charge on any atom is -0.395 e. The van der Waals surface area contributed by atoms with Crippen LogP contribution >= 0.6 is 11.3 Å². The lowest BCUT2D eigenvalue weighted by atomic mass is 10.2. The van der Waals surface area contributed by atoms with E-state index in [-0.39, 0.29) is 12.5 Å². The van der Waals surface area contributed by atoms with Crippen LogP contribution in [0.5, 0.6) is 0 Å². The van der Waals surface area contributed by atoms with Crippen molar-refractivity contribution in [1.29, 1.82) is 0 Å². The average Bonchev–Trinajstić information content (AvgIpc) is 2.96. The molecule has 1 aromatic heterocycles. The first-order valence-electron chi connectivity index (χ1n) is 6.68. The Labute approximate surface area is 128 Å². The molecule has 108 valence electrons. The number of carbonyl (C=O) groups excluding carboxylic acids is 1. The molecular formula is C17H17NO2S. The van der Waals surface area contributed by atoms with Crippen LogP contribution in [0.3, 0.4) is 0 Å². The maximum absolute atomic E-state index is 12.3. The van der Waals surface area contributed by atoms with Crippen molar-refractivity contribution in [1.82, 2.24) is 4.90 Å². The normalized spacial score (nSPS) is 9.81. The Morgan fingerprint density at radius 1 is 1.33 bits per heavy atom. The first kappa shape index (κ1) is 15.3. The van der Waals surface area contributed by atoms with Gasteiger partial charge in [-0.25, -0.2) is 0 Å². The van der Waals surface area contributed by atoms with Gasteiger partial charge in [-0.15, -0.1) is 11.3 Å². The van der Waals surface area contributed by atoms with Crippen LogP contribution in [0.4, 0.5) is 0 Å². The van der Waals surface area contributed by atoms with E-state index in [1.165, 1.54) is 11.3 Å². The quantitative estimate of drug-likeness (QED) is 0.882. The number of hydrogen-bond donors (Lipinski definition) is 1. The summed E-state index contributed by atoms with van der Waals surface area (Å²) in [5, 5.41) is 10.5. The van der Waals surface area contributed by atoms with Crippen LogP contribution in [0.1, 0.15) is 27.2 Å². The molecular weight excluding hydrogens is 282 g/mol. The summed E-state index contributed by atoms with van der Waals surface area (Å²) in [4.78, 5) is 14.9. The van der Waals surface area contributed by atoms with Gasteiger partial charge in [0.25, 0.3) is 5.91 Å². The number of hydrogen-bond acceptors (Lipinski definition) is 3. The van der Waals surface area contributed by atoms with E-state index in [2.05, 4.69) is 11.8 Å². The lowest BCUT2D eigenvalue weighted by Gasteiger charge is -2.16. The minimum atomic E-state index is -0.00897. The second-order valence-corrected chi connectivity index (χ2v) is 5.53. The molecule has 0 fully saturated rings. The van der Waals surface area contributed by atoms with Crippen LogP contribution < -0.4 is 0 Å². The Bertz CT molecular complexity index is 652. The van der Waals surface area contributed by atoms with Crippen molar-refractivity contribution in [3.05, 3.63) is 57.8 Å². The highest BCUT2D eigenvalue weighted by atomic mass is 32.1. The molecule has 0 unspecified atom stereocenters. The Balaban J connectivity index is 2.01. The molecule has 0 atom stereocenters. The van der Waals surface area contributed by atoms with Gasteiger partial charge in [0.2, 0.25) is 0 Å². The van der Waals surface area contributed by atoms with Crippen molar-refractivity contribution in [3.8, 4) is 11.8 Å². The summed E-state index contributed by atoms with van der Waals surface area (Å²) in [6.07, 6.45) is 0.453. The fraction of sp³-hybridized carbons (Fsp3) is 0.235. The van der Waals surface area contributed by atoms with Gasteiger partial charge in [-0.1, -0.05) is 42.2 Å². The van der Waals surface area contributed by atoms with Gasteiger partial charge in [-0.05, 0) is 11.6 Å². The molecule has 0 bridgehead atoms. The van der Waals surface area contributed by atoms with Gasteiger partial charge in [0, 0.05) is 25.4 Å². The molecule has 0 aliphatic heterocycles. The van der Waals surface area contributed by atoms with Crippen LogP contribution in [0.15, 0.2) is 41.8 Å². The van der Waals surface area contributed by atoms with E-state index in [0.29, 0.717) is 18.5 Å². The zero-order chi connectivity index (χ0) is 15.1. The van der Waals surface area contributed by atoms with Crippen molar-refractivity contribution in [2.24, 2.45) is 0 Å². The van der Waals surface area contributed by atoms with Crippen LogP contribution in [-0.4, -0.2) is 29.6 Å². The molecule has 0 aliphatic rings. The molecule has 1 N–H and O–H groups in total. The van der Waals surface area contributed by atoms with Crippen molar-refractivity contribution in [3.63, 3.8) is 0 Å². The predicted molar refractivity (Wildman–Crippen MR) is 85.1 cm³/mol. The molecule has 1 aromatic carbocycles. The number of aliphatic hydroxyl groups is 1. The standard InChI is InChI=1S/C17H17NO2S/c1-18(12-14-7-3-2-4-8-14)17(20)15-11-16(21-13-15)9-5-6-10-19/h2-4,7-8,11,13,19H,6,10,12H2,1H3. The van der Waals surface area contributed by atoms with E-state index in [0.717, 1.165) is 10.4 Å². The third-order valence-corrected chi connectivity index (χ3v) is 3.75. The number of amides is 1. The molecule has 4 heteroatoms. The number of nitrogens with zero attached hydrogens (tertiary/aromatic N) is 1. The Kier molecular flexibility index (Phi) is 5.56. The number of aliphatic hydroxyl groups excluding tert-OH is 1. The summed E-state index contributed by atoms with van der Waals surface area (Å²) >= 11 is 1.45. The van der Waals surface area contributed by atoms with Crippen molar-refractivity contribution in [2.75, 3.05) is 13.7 Å². The zero-order valence-corrected chi connectivity index (χ0v) is 12.7. The van der Waals surface area contributed by atoms with Crippen molar-refractivity contribution < 1.29 is 9.90 Å². The lowest BCUT2D eigenvalue weighted by Crippen LogP contribution is -2.25. The van der Waals surface area contributed by atoms with Gasteiger partial charge >= 0.3 is 0 Å². The first-order valence-corrected chi connectivity index (χ1v) is 7.56. The predicted octanol–water partition coefficient (Wildman–Crippen LogP) is 2.75. The van der Waals surface area contributed by atoms with Gasteiger partial charge < -0.3 is 10.0 Å². The summed E-state index contributed by atoms with van der Waals surface area (Å²) in [6.45, 7) is 0.644. The van der Waals surface area contributed by atoms with E-state index in [1.807, 2.05) is 35.7 Å². The number of thiophene rings is 1. The number of rotatable bonds is 4. The third kappa shape index (κ3) is 4.45. The van der Waals surface area contributed by atoms with Crippen LogP contribution in [0.2, 0.25) is 0 Å². The fourth-order valence-corrected chi connectivity index (χ4v) is 2.62.